The van der Waals surface area contributed by atoms with E-state index in [1.54, 1.807) is 0 Å². The minimum absolute atomic E-state index is 0.0120. The Kier molecular flexibility index (Phi) is 6.99. The molecule has 34 heavy (non-hydrogen) atoms. The summed E-state index contributed by atoms with van der Waals surface area (Å²) in [5.41, 5.74) is 0.232. The highest BCUT2D eigenvalue weighted by Gasteiger charge is 2.23. The zero-order chi connectivity index (χ0) is 24.3. The van der Waals surface area contributed by atoms with Gasteiger partial charge in [0.1, 0.15) is 5.82 Å². The fourth-order valence-electron chi connectivity index (χ4n) is 4.20. The van der Waals surface area contributed by atoms with Crippen molar-refractivity contribution < 1.29 is 17.6 Å². The number of piperidine rings is 1. The van der Waals surface area contributed by atoms with Crippen molar-refractivity contribution >= 4 is 32.5 Å². The minimum atomic E-state index is -4.01. The maximum atomic E-state index is 13.1. The number of carbonyl (C=O) groups excluding carboxylic acids is 1. The van der Waals surface area contributed by atoms with Gasteiger partial charge >= 0.3 is 0 Å². The molecule has 1 saturated heterocycles. The molecule has 0 bridgehead atoms. The van der Waals surface area contributed by atoms with Crippen LogP contribution in [0.3, 0.4) is 0 Å². The van der Waals surface area contributed by atoms with E-state index in [0.29, 0.717) is 10.9 Å². The Bertz CT molecular complexity index is 1350. The number of H-pyrrole nitrogens is 1. The van der Waals surface area contributed by atoms with E-state index in [9.17, 15) is 22.4 Å². The number of nitrogens with zero attached hydrogens (tertiary/aromatic N) is 1. The van der Waals surface area contributed by atoms with Crippen LogP contribution in [0.5, 0.6) is 0 Å². The van der Waals surface area contributed by atoms with E-state index < -0.39 is 27.3 Å². The quantitative estimate of drug-likeness (QED) is 0.475. The van der Waals surface area contributed by atoms with Crippen LogP contribution in [0.2, 0.25) is 0 Å². The molecule has 0 saturated carbocycles. The predicted molar refractivity (Wildman–Crippen MR) is 129 cm³/mol. The maximum absolute atomic E-state index is 13.1. The topological polar surface area (TPSA) is 111 Å². The lowest BCUT2D eigenvalue weighted by atomic mass is 10.0. The molecule has 3 aromatic rings. The molecule has 1 amide bonds. The number of carbonyl (C=O) groups is 1. The zero-order valence-corrected chi connectivity index (χ0v) is 19.6. The predicted octanol–water partition coefficient (Wildman–Crippen LogP) is 3.07. The number of rotatable bonds is 7. The van der Waals surface area contributed by atoms with E-state index in [-0.39, 0.29) is 22.2 Å². The molecule has 0 radical (unpaired) electrons. The number of sulfonamides is 1. The Hall–Kier alpha value is -3.24. The maximum Gasteiger partial charge on any atom is 0.261 e. The molecule has 8 nitrogen and oxygen atoms in total. The number of halogens is 1. The van der Waals surface area contributed by atoms with Gasteiger partial charge in [-0.3, -0.25) is 14.3 Å². The number of hydrogen-bond donors (Lipinski definition) is 3. The first kappa shape index (κ1) is 23.9. The van der Waals surface area contributed by atoms with Gasteiger partial charge in [-0.2, -0.15) is 0 Å². The van der Waals surface area contributed by atoms with Crippen molar-refractivity contribution in [1.82, 2.24) is 15.2 Å². The molecule has 0 aliphatic carbocycles. The van der Waals surface area contributed by atoms with Crippen LogP contribution in [0.15, 0.2) is 58.2 Å². The molecular weight excluding hydrogens is 459 g/mol. The highest BCUT2D eigenvalue weighted by Crippen LogP contribution is 2.23. The van der Waals surface area contributed by atoms with Crippen LogP contribution >= 0.6 is 0 Å². The summed E-state index contributed by atoms with van der Waals surface area (Å²) in [5, 5.41) is 3.32. The molecular formula is C24H27FN4O4S. The van der Waals surface area contributed by atoms with Crippen LogP contribution in [0.1, 0.15) is 36.5 Å². The third-order valence-corrected chi connectivity index (χ3v) is 7.31. The second-order valence-electron chi connectivity index (χ2n) is 8.46. The Morgan fingerprint density at radius 3 is 2.50 bits per heavy atom. The number of fused-ring (bicyclic) bond motifs is 1. The molecule has 0 spiro atoms. The summed E-state index contributed by atoms with van der Waals surface area (Å²) in [6, 6.07) is 10.3. The summed E-state index contributed by atoms with van der Waals surface area (Å²) < 4.78 is 41.3. The largest absolute Gasteiger partial charge is 0.349 e. The molecule has 1 aliphatic heterocycles. The zero-order valence-electron chi connectivity index (χ0n) is 18.8. The van der Waals surface area contributed by atoms with Crippen molar-refractivity contribution in [1.29, 1.82) is 0 Å². The third-order valence-electron chi connectivity index (χ3n) is 5.93. The molecule has 10 heteroatoms. The van der Waals surface area contributed by atoms with Crippen molar-refractivity contribution in [2.75, 3.05) is 24.4 Å². The second-order valence-corrected chi connectivity index (χ2v) is 10.1. The summed E-state index contributed by atoms with van der Waals surface area (Å²) in [5.74, 6) is -0.893. The Labute approximate surface area is 197 Å². The first-order valence-corrected chi connectivity index (χ1v) is 12.7. The molecule has 180 valence electrons. The van der Waals surface area contributed by atoms with Gasteiger partial charge in [0.2, 0.25) is 5.56 Å². The summed E-state index contributed by atoms with van der Waals surface area (Å²) in [4.78, 5) is 30.2. The van der Waals surface area contributed by atoms with E-state index in [1.165, 1.54) is 36.4 Å². The number of aromatic amines is 1. The van der Waals surface area contributed by atoms with Gasteiger partial charge in [0.05, 0.1) is 10.5 Å². The van der Waals surface area contributed by atoms with E-state index >= 15 is 0 Å². The summed E-state index contributed by atoms with van der Waals surface area (Å²) >= 11 is 0. The number of anilines is 1. The average molecular weight is 487 g/mol. The second kappa shape index (κ2) is 9.94. The normalized spacial score (nSPS) is 15.4. The van der Waals surface area contributed by atoms with Gasteiger partial charge in [-0.1, -0.05) is 6.92 Å². The number of benzene rings is 2. The molecule has 3 N–H and O–H groups in total. The molecule has 4 rings (SSSR count). The third kappa shape index (κ3) is 5.45. The van der Waals surface area contributed by atoms with Gasteiger partial charge in [-0.15, -0.1) is 0 Å². The van der Waals surface area contributed by atoms with Crippen molar-refractivity contribution in [3.63, 3.8) is 0 Å². The highest BCUT2D eigenvalue weighted by atomic mass is 32.2. The van der Waals surface area contributed by atoms with Crippen molar-refractivity contribution in [3.8, 4) is 0 Å². The summed E-state index contributed by atoms with van der Waals surface area (Å²) in [6.07, 6.45) is 2.71. The lowest BCUT2D eigenvalue weighted by Crippen LogP contribution is -2.45. The van der Waals surface area contributed by atoms with Crippen LogP contribution in [-0.4, -0.2) is 49.9 Å². The number of amides is 1. The van der Waals surface area contributed by atoms with Gasteiger partial charge in [0.25, 0.3) is 15.9 Å². The molecule has 1 aliphatic rings. The van der Waals surface area contributed by atoms with E-state index in [4.69, 9.17) is 0 Å². The lowest BCUT2D eigenvalue weighted by molar-refractivity contribution is 0.0912. The first-order chi connectivity index (χ1) is 16.2. The van der Waals surface area contributed by atoms with Gasteiger partial charge in [0, 0.05) is 41.8 Å². The fourth-order valence-corrected chi connectivity index (χ4v) is 5.28. The van der Waals surface area contributed by atoms with Crippen LogP contribution in [0, 0.1) is 5.82 Å². The van der Waals surface area contributed by atoms with Crippen molar-refractivity contribution in [2.24, 2.45) is 0 Å². The van der Waals surface area contributed by atoms with E-state index in [1.807, 2.05) is 0 Å². The standard InChI is InChI=1S/C24H27FN4O4S/c1-2-11-29-12-9-17(10-13-29)26-24(31)21-15-23(30)27-22-8-7-19(14-20(21)22)34(32,33)28-18-5-3-16(25)4-6-18/h3-8,14-15,17,28H,2,9-13H2,1H3,(H,26,31)(H,27,30). The van der Waals surface area contributed by atoms with Crippen molar-refractivity contribution in [3.05, 3.63) is 70.3 Å². The molecule has 1 fully saturated rings. The Morgan fingerprint density at radius 2 is 1.82 bits per heavy atom. The van der Waals surface area contributed by atoms with Crippen LogP contribution < -0.4 is 15.6 Å². The monoisotopic (exact) mass is 486 g/mol. The minimum Gasteiger partial charge on any atom is -0.349 e. The summed E-state index contributed by atoms with van der Waals surface area (Å²) in [6.45, 7) is 4.96. The number of aromatic nitrogens is 1. The summed E-state index contributed by atoms with van der Waals surface area (Å²) in [7, 11) is -4.01. The first-order valence-electron chi connectivity index (χ1n) is 11.2. The van der Waals surface area contributed by atoms with Crippen LogP contribution in [0.25, 0.3) is 10.9 Å². The molecule has 1 aromatic heterocycles. The molecule has 2 heterocycles. The van der Waals surface area contributed by atoms with E-state index in [0.717, 1.165) is 51.0 Å². The molecule has 0 unspecified atom stereocenters. The number of likely N-dealkylation sites (tertiary alicyclic amines) is 1. The van der Waals surface area contributed by atoms with Gasteiger partial charge in [0.15, 0.2) is 0 Å². The Balaban J connectivity index is 1.60. The van der Waals surface area contributed by atoms with Crippen LogP contribution in [0.4, 0.5) is 10.1 Å². The smallest absolute Gasteiger partial charge is 0.261 e. The Morgan fingerprint density at radius 1 is 1.12 bits per heavy atom. The van der Waals surface area contributed by atoms with Gasteiger partial charge < -0.3 is 15.2 Å². The average Bonchev–Trinajstić information content (AvgIpc) is 2.81. The number of pyridine rings is 1. The number of hydrogen-bond acceptors (Lipinski definition) is 5. The highest BCUT2D eigenvalue weighted by molar-refractivity contribution is 7.92. The number of nitrogens with one attached hydrogen (secondary N) is 3. The SMILES string of the molecule is CCCN1CCC(NC(=O)c2cc(=O)[nH]c3ccc(S(=O)(=O)Nc4ccc(F)cc4)cc23)CC1. The lowest BCUT2D eigenvalue weighted by Gasteiger charge is -2.32. The van der Waals surface area contributed by atoms with E-state index in [2.05, 4.69) is 26.8 Å². The molecule has 2 aromatic carbocycles. The fraction of sp³-hybridized carbons (Fsp3) is 0.333. The van der Waals surface area contributed by atoms with Gasteiger partial charge in [-0.25, -0.2) is 12.8 Å². The van der Waals surface area contributed by atoms with Crippen LogP contribution in [-0.2, 0) is 10.0 Å². The van der Waals surface area contributed by atoms with Crippen molar-refractivity contribution in [2.45, 2.75) is 37.1 Å². The van der Waals surface area contributed by atoms with Gasteiger partial charge in [-0.05, 0) is 68.3 Å². The molecule has 0 atom stereocenters.